The van der Waals surface area contributed by atoms with Crippen LogP contribution in [0.5, 0.6) is 0 Å². The number of Topliss-reactive ketones (excluding diaryl/α,β-unsaturated/α-hetero) is 1. The third-order valence-corrected chi connectivity index (χ3v) is 2.56. The largest absolute Gasteiger partial charge is 0.294 e. The minimum atomic E-state index is 0.0242. The van der Waals surface area contributed by atoms with Crippen molar-refractivity contribution in [3.8, 4) is 0 Å². The van der Waals surface area contributed by atoms with Crippen LogP contribution in [0.1, 0.15) is 27.2 Å². The zero-order chi connectivity index (χ0) is 11.3. The van der Waals surface area contributed by atoms with Gasteiger partial charge in [0.25, 0.3) is 0 Å². The summed E-state index contributed by atoms with van der Waals surface area (Å²) in [6.07, 6.45) is 12.6. The number of hydrogen-bond donors (Lipinski definition) is 0. The van der Waals surface area contributed by atoms with Gasteiger partial charge in [0, 0.05) is 11.5 Å². The van der Waals surface area contributed by atoms with Crippen LogP contribution in [0.15, 0.2) is 47.6 Å². The normalized spacial score (nSPS) is 21.9. The Balaban J connectivity index is 2.75. The highest BCUT2D eigenvalue weighted by Crippen LogP contribution is 2.20. The SMILES string of the molecule is C/C=C\C(=C/C)C(=O)C1C=CC(C)=CC1. The first-order valence-corrected chi connectivity index (χ1v) is 5.37. The highest BCUT2D eigenvalue weighted by molar-refractivity contribution is 6.00. The standard InChI is InChI=1S/C14H18O/c1-4-6-12(5-2)14(15)13-9-7-11(3)8-10-13/h4-9,13H,10H2,1-3H3/b6-4-,12-5+. The molecule has 0 aromatic heterocycles. The molecule has 80 valence electrons. The van der Waals surface area contributed by atoms with Crippen molar-refractivity contribution in [1.82, 2.24) is 0 Å². The number of rotatable bonds is 3. The van der Waals surface area contributed by atoms with Crippen molar-refractivity contribution in [2.75, 3.05) is 0 Å². The van der Waals surface area contributed by atoms with E-state index in [4.69, 9.17) is 0 Å². The smallest absolute Gasteiger partial charge is 0.169 e. The molecule has 0 aromatic carbocycles. The molecule has 0 N–H and O–H groups in total. The molecule has 0 amide bonds. The molecule has 15 heavy (non-hydrogen) atoms. The van der Waals surface area contributed by atoms with Gasteiger partial charge in [0.05, 0.1) is 0 Å². The van der Waals surface area contributed by atoms with E-state index in [1.165, 1.54) is 5.57 Å². The van der Waals surface area contributed by atoms with Crippen molar-refractivity contribution in [2.45, 2.75) is 27.2 Å². The Morgan fingerprint density at radius 1 is 1.47 bits per heavy atom. The summed E-state index contributed by atoms with van der Waals surface area (Å²) in [6.45, 7) is 5.89. The molecule has 0 bridgehead atoms. The van der Waals surface area contributed by atoms with Crippen LogP contribution in [0.25, 0.3) is 0 Å². The monoisotopic (exact) mass is 202 g/mol. The number of allylic oxidation sites excluding steroid dienone is 8. The fourth-order valence-electron chi connectivity index (χ4n) is 1.64. The summed E-state index contributed by atoms with van der Waals surface area (Å²) in [4.78, 5) is 12.0. The summed E-state index contributed by atoms with van der Waals surface area (Å²) < 4.78 is 0. The third kappa shape index (κ3) is 3.05. The lowest BCUT2D eigenvalue weighted by molar-refractivity contribution is -0.117. The van der Waals surface area contributed by atoms with Crippen molar-refractivity contribution >= 4 is 5.78 Å². The van der Waals surface area contributed by atoms with E-state index in [9.17, 15) is 4.79 Å². The first-order chi connectivity index (χ1) is 7.19. The van der Waals surface area contributed by atoms with Crippen LogP contribution < -0.4 is 0 Å². The van der Waals surface area contributed by atoms with E-state index in [1.54, 1.807) is 0 Å². The van der Waals surface area contributed by atoms with Gasteiger partial charge >= 0.3 is 0 Å². The van der Waals surface area contributed by atoms with E-state index in [2.05, 4.69) is 13.0 Å². The Labute approximate surface area is 91.9 Å². The first kappa shape index (κ1) is 11.7. The molecular formula is C14H18O. The third-order valence-electron chi connectivity index (χ3n) is 2.56. The maximum atomic E-state index is 12.0. The van der Waals surface area contributed by atoms with E-state index in [1.807, 2.05) is 44.2 Å². The van der Waals surface area contributed by atoms with Crippen molar-refractivity contribution in [2.24, 2.45) is 5.92 Å². The Morgan fingerprint density at radius 3 is 2.67 bits per heavy atom. The van der Waals surface area contributed by atoms with Crippen LogP contribution in [-0.2, 0) is 4.79 Å². The van der Waals surface area contributed by atoms with Crippen LogP contribution in [0.4, 0.5) is 0 Å². The summed E-state index contributed by atoms with van der Waals surface area (Å²) in [5.41, 5.74) is 2.05. The average Bonchev–Trinajstić information content (AvgIpc) is 2.26. The summed E-state index contributed by atoms with van der Waals surface area (Å²) >= 11 is 0. The lowest BCUT2D eigenvalue weighted by Crippen LogP contribution is -2.14. The van der Waals surface area contributed by atoms with Gasteiger partial charge in [-0.05, 0) is 27.2 Å². The topological polar surface area (TPSA) is 17.1 Å². The quantitative estimate of drug-likeness (QED) is 0.505. The van der Waals surface area contributed by atoms with E-state index < -0.39 is 0 Å². The van der Waals surface area contributed by atoms with Gasteiger partial charge in [0.1, 0.15) is 0 Å². The molecule has 1 aliphatic carbocycles. The molecule has 1 nitrogen and oxygen atoms in total. The van der Waals surface area contributed by atoms with Crippen molar-refractivity contribution < 1.29 is 4.79 Å². The van der Waals surface area contributed by atoms with E-state index in [0.29, 0.717) is 0 Å². The number of hydrogen-bond acceptors (Lipinski definition) is 1. The molecular weight excluding hydrogens is 184 g/mol. The van der Waals surface area contributed by atoms with Crippen LogP contribution in [0.2, 0.25) is 0 Å². The number of carbonyl (C=O) groups excluding carboxylic acids is 1. The molecule has 0 radical (unpaired) electrons. The predicted octanol–water partition coefficient (Wildman–Crippen LogP) is 3.60. The van der Waals surface area contributed by atoms with Crippen LogP contribution in [0.3, 0.4) is 0 Å². The zero-order valence-corrected chi connectivity index (χ0v) is 9.66. The van der Waals surface area contributed by atoms with Crippen LogP contribution in [-0.4, -0.2) is 5.78 Å². The molecule has 0 heterocycles. The minimum absolute atomic E-state index is 0.0242. The number of carbonyl (C=O) groups is 1. The lowest BCUT2D eigenvalue weighted by Gasteiger charge is -2.13. The summed E-state index contributed by atoms with van der Waals surface area (Å²) in [5.74, 6) is 0.242. The highest BCUT2D eigenvalue weighted by Gasteiger charge is 2.18. The molecule has 0 aromatic rings. The molecule has 1 aliphatic rings. The molecule has 0 spiro atoms. The zero-order valence-electron chi connectivity index (χ0n) is 9.66. The van der Waals surface area contributed by atoms with E-state index >= 15 is 0 Å². The van der Waals surface area contributed by atoms with Crippen molar-refractivity contribution in [3.05, 3.63) is 47.6 Å². The van der Waals surface area contributed by atoms with E-state index in [0.717, 1.165) is 12.0 Å². The molecule has 0 saturated heterocycles. The molecule has 1 rings (SSSR count). The summed E-state index contributed by atoms with van der Waals surface area (Å²) in [7, 11) is 0. The van der Waals surface area contributed by atoms with Gasteiger partial charge in [0.2, 0.25) is 0 Å². The average molecular weight is 202 g/mol. The van der Waals surface area contributed by atoms with E-state index in [-0.39, 0.29) is 11.7 Å². The highest BCUT2D eigenvalue weighted by atomic mass is 16.1. The predicted molar refractivity (Wildman–Crippen MR) is 64.6 cm³/mol. The van der Waals surface area contributed by atoms with Gasteiger partial charge in [-0.3, -0.25) is 4.79 Å². The second-order valence-corrected chi connectivity index (χ2v) is 3.76. The van der Waals surface area contributed by atoms with Gasteiger partial charge in [-0.1, -0.05) is 42.0 Å². The molecule has 0 fully saturated rings. The molecule has 0 saturated carbocycles. The summed E-state index contributed by atoms with van der Waals surface area (Å²) in [6, 6.07) is 0. The van der Waals surface area contributed by atoms with Gasteiger partial charge in [-0.25, -0.2) is 0 Å². The summed E-state index contributed by atoms with van der Waals surface area (Å²) in [5, 5.41) is 0. The molecule has 1 unspecified atom stereocenters. The second-order valence-electron chi connectivity index (χ2n) is 3.76. The maximum Gasteiger partial charge on any atom is 0.169 e. The van der Waals surface area contributed by atoms with Gasteiger partial charge < -0.3 is 0 Å². The van der Waals surface area contributed by atoms with Crippen LogP contribution in [0, 0.1) is 5.92 Å². The minimum Gasteiger partial charge on any atom is -0.294 e. The fourth-order valence-corrected chi connectivity index (χ4v) is 1.64. The molecule has 1 atom stereocenters. The maximum absolute atomic E-state index is 12.0. The van der Waals surface area contributed by atoms with Crippen molar-refractivity contribution in [1.29, 1.82) is 0 Å². The van der Waals surface area contributed by atoms with Crippen molar-refractivity contribution in [3.63, 3.8) is 0 Å². The number of ketones is 1. The van der Waals surface area contributed by atoms with Gasteiger partial charge in [-0.2, -0.15) is 0 Å². The van der Waals surface area contributed by atoms with Crippen LogP contribution >= 0.6 is 0 Å². The Hall–Kier alpha value is -1.37. The van der Waals surface area contributed by atoms with Gasteiger partial charge in [-0.15, -0.1) is 0 Å². The molecule has 0 aliphatic heterocycles. The Bertz CT molecular complexity index is 354. The Kier molecular flexibility index (Phi) is 4.29. The second kappa shape index (κ2) is 5.50. The van der Waals surface area contributed by atoms with Gasteiger partial charge in [0.15, 0.2) is 5.78 Å². The molecule has 1 heteroatoms. The first-order valence-electron chi connectivity index (χ1n) is 5.37. The fraction of sp³-hybridized carbons (Fsp3) is 0.357. The lowest BCUT2D eigenvalue weighted by atomic mass is 9.89. The Morgan fingerprint density at radius 2 is 2.20 bits per heavy atom.